The van der Waals surface area contributed by atoms with Crippen molar-refractivity contribution >= 4 is 0 Å². The van der Waals surface area contributed by atoms with Crippen molar-refractivity contribution in [3.05, 3.63) is 70.3 Å². The van der Waals surface area contributed by atoms with Crippen LogP contribution in [0.2, 0.25) is 0 Å². The lowest BCUT2D eigenvalue weighted by Gasteiger charge is -2.29. The smallest absolute Gasteiger partial charge is 0.00949 e. The first-order valence-corrected chi connectivity index (χ1v) is 6.91. The molecule has 0 spiro atoms. The quantitative estimate of drug-likeness (QED) is 0.669. The molecule has 0 N–H and O–H groups in total. The van der Waals surface area contributed by atoms with Crippen LogP contribution in [0.1, 0.15) is 46.6 Å². The van der Waals surface area contributed by atoms with Crippen LogP contribution in [-0.2, 0) is 6.42 Å². The number of hydrogen-bond acceptors (Lipinski definition) is 0. The SMILES string of the molecule is Cc1ccc(C)c2c1CCCC2c1ccccc1. The zero-order valence-corrected chi connectivity index (χ0v) is 11.2. The molecule has 0 bridgehead atoms. The standard InChI is InChI=1S/C18H20/c1-13-11-12-14(2)18-16(13)9-6-10-17(18)15-7-4-3-5-8-15/h3-5,7-8,11-12,17H,6,9-10H2,1-2H3. The van der Waals surface area contributed by atoms with Gasteiger partial charge in [-0.05, 0) is 60.9 Å². The lowest BCUT2D eigenvalue weighted by molar-refractivity contribution is 0.610. The van der Waals surface area contributed by atoms with E-state index in [1.54, 1.807) is 11.1 Å². The Labute approximate surface area is 110 Å². The summed E-state index contributed by atoms with van der Waals surface area (Å²) in [5, 5.41) is 0. The van der Waals surface area contributed by atoms with E-state index in [4.69, 9.17) is 0 Å². The third-order valence-electron chi connectivity index (χ3n) is 4.28. The summed E-state index contributed by atoms with van der Waals surface area (Å²) in [5.41, 5.74) is 7.62. The fourth-order valence-corrected chi connectivity index (χ4v) is 3.35. The van der Waals surface area contributed by atoms with Crippen LogP contribution in [0.15, 0.2) is 42.5 Å². The van der Waals surface area contributed by atoms with Crippen LogP contribution in [-0.4, -0.2) is 0 Å². The van der Waals surface area contributed by atoms with Crippen molar-refractivity contribution in [3.63, 3.8) is 0 Å². The van der Waals surface area contributed by atoms with Gasteiger partial charge in [-0.25, -0.2) is 0 Å². The summed E-state index contributed by atoms with van der Waals surface area (Å²) < 4.78 is 0. The topological polar surface area (TPSA) is 0 Å². The summed E-state index contributed by atoms with van der Waals surface area (Å²) in [6, 6.07) is 15.6. The van der Waals surface area contributed by atoms with Crippen LogP contribution in [0, 0.1) is 13.8 Å². The molecular formula is C18H20. The zero-order chi connectivity index (χ0) is 12.5. The van der Waals surface area contributed by atoms with Crippen LogP contribution in [0.25, 0.3) is 0 Å². The Balaban J connectivity index is 2.15. The fourth-order valence-electron chi connectivity index (χ4n) is 3.35. The highest BCUT2D eigenvalue weighted by Gasteiger charge is 2.24. The fraction of sp³-hybridized carbons (Fsp3) is 0.333. The average molecular weight is 236 g/mol. The largest absolute Gasteiger partial charge is 0.0622 e. The van der Waals surface area contributed by atoms with E-state index in [9.17, 15) is 0 Å². The van der Waals surface area contributed by atoms with Crippen molar-refractivity contribution < 1.29 is 0 Å². The lowest BCUT2D eigenvalue weighted by atomic mass is 9.75. The van der Waals surface area contributed by atoms with Gasteiger partial charge in [0.25, 0.3) is 0 Å². The summed E-state index contributed by atoms with van der Waals surface area (Å²) in [7, 11) is 0. The zero-order valence-electron chi connectivity index (χ0n) is 11.2. The maximum Gasteiger partial charge on any atom is 0.00949 e. The van der Waals surface area contributed by atoms with E-state index in [1.165, 1.54) is 36.0 Å². The summed E-state index contributed by atoms with van der Waals surface area (Å²) >= 11 is 0. The molecule has 0 amide bonds. The van der Waals surface area contributed by atoms with Crippen molar-refractivity contribution in [2.45, 2.75) is 39.0 Å². The molecule has 2 aromatic carbocycles. The highest BCUT2D eigenvalue weighted by atomic mass is 14.3. The first kappa shape index (κ1) is 11.5. The summed E-state index contributed by atoms with van der Waals surface area (Å²) in [4.78, 5) is 0. The summed E-state index contributed by atoms with van der Waals surface area (Å²) in [6.07, 6.45) is 3.87. The maximum atomic E-state index is 2.29. The van der Waals surface area contributed by atoms with E-state index >= 15 is 0 Å². The van der Waals surface area contributed by atoms with Gasteiger partial charge in [-0.2, -0.15) is 0 Å². The molecule has 0 heterocycles. The van der Waals surface area contributed by atoms with Gasteiger partial charge in [0.15, 0.2) is 0 Å². The minimum absolute atomic E-state index is 0.606. The van der Waals surface area contributed by atoms with Crippen LogP contribution < -0.4 is 0 Å². The normalized spacial score (nSPS) is 18.4. The molecule has 1 aliphatic carbocycles. The molecule has 3 rings (SSSR count). The molecule has 0 aromatic heterocycles. The van der Waals surface area contributed by atoms with E-state index in [2.05, 4.69) is 56.3 Å². The highest BCUT2D eigenvalue weighted by Crippen LogP contribution is 2.39. The highest BCUT2D eigenvalue weighted by molar-refractivity contribution is 5.47. The van der Waals surface area contributed by atoms with Gasteiger partial charge in [-0.15, -0.1) is 0 Å². The molecule has 2 aromatic rings. The van der Waals surface area contributed by atoms with Gasteiger partial charge in [0.05, 0.1) is 0 Å². The Morgan fingerprint density at radius 1 is 0.889 bits per heavy atom. The van der Waals surface area contributed by atoms with Crippen molar-refractivity contribution in [3.8, 4) is 0 Å². The van der Waals surface area contributed by atoms with Gasteiger partial charge in [0, 0.05) is 5.92 Å². The van der Waals surface area contributed by atoms with Crippen molar-refractivity contribution in [2.24, 2.45) is 0 Å². The van der Waals surface area contributed by atoms with Gasteiger partial charge < -0.3 is 0 Å². The Morgan fingerprint density at radius 3 is 2.39 bits per heavy atom. The number of hydrogen-bond donors (Lipinski definition) is 0. The third-order valence-corrected chi connectivity index (χ3v) is 4.28. The van der Waals surface area contributed by atoms with Crippen molar-refractivity contribution in [1.82, 2.24) is 0 Å². The van der Waals surface area contributed by atoms with E-state index in [-0.39, 0.29) is 0 Å². The van der Waals surface area contributed by atoms with Crippen molar-refractivity contribution in [1.29, 1.82) is 0 Å². The molecule has 92 valence electrons. The number of rotatable bonds is 1. The van der Waals surface area contributed by atoms with Crippen LogP contribution in [0.3, 0.4) is 0 Å². The predicted molar refractivity (Wildman–Crippen MR) is 77.1 cm³/mol. The third kappa shape index (κ3) is 1.86. The predicted octanol–water partition coefficient (Wildman–Crippen LogP) is 4.77. The Morgan fingerprint density at radius 2 is 1.61 bits per heavy atom. The molecule has 0 saturated heterocycles. The minimum Gasteiger partial charge on any atom is -0.0622 e. The van der Waals surface area contributed by atoms with Crippen molar-refractivity contribution in [2.75, 3.05) is 0 Å². The Kier molecular flexibility index (Phi) is 2.95. The molecule has 1 atom stereocenters. The first-order valence-electron chi connectivity index (χ1n) is 6.91. The lowest BCUT2D eigenvalue weighted by Crippen LogP contribution is -2.14. The second-order valence-corrected chi connectivity index (χ2v) is 5.45. The molecule has 1 unspecified atom stereocenters. The van der Waals surface area contributed by atoms with E-state index < -0.39 is 0 Å². The summed E-state index contributed by atoms with van der Waals surface area (Å²) in [5.74, 6) is 0.606. The van der Waals surface area contributed by atoms with E-state index in [0.717, 1.165) is 0 Å². The first-order chi connectivity index (χ1) is 8.77. The van der Waals surface area contributed by atoms with Gasteiger partial charge in [0.2, 0.25) is 0 Å². The van der Waals surface area contributed by atoms with Crippen LogP contribution >= 0.6 is 0 Å². The second kappa shape index (κ2) is 4.61. The Bertz CT molecular complexity index is 552. The van der Waals surface area contributed by atoms with E-state index in [0.29, 0.717) is 5.92 Å². The molecule has 0 saturated carbocycles. The van der Waals surface area contributed by atoms with Gasteiger partial charge in [-0.1, -0.05) is 42.5 Å². The Hall–Kier alpha value is -1.56. The molecule has 0 aliphatic heterocycles. The molecule has 0 fully saturated rings. The monoisotopic (exact) mass is 236 g/mol. The number of benzene rings is 2. The molecule has 18 heavy (non-hydrogen) atoms. The van der Waals surface area contributed by atoms with Gasteiger partial charge >= 0.3 is 0 Å². The molecule has 0 nitrogen and oxygen atoms in total. The number of aryl methyl sites for hydroxylation is 2. The van der Waals surface area contributed by atoms with Crippen LogP contribution in [0.5, 0.6) is 0 Å². The summed E-state index contributed by atoms with van der Waals surface area (Å²) in [6.45, 7) is 4.52. The average Bonchev–Trinajstić information content (AvgIpc) is 2.43. The molecule has 0 radical (unpaired) electrons. The van der Waals surface area contributed by atoms with E-state index in [1.807, 2.05) is 0 Å². The minimum atomic E-state index is 0.606. The molecule has 0 heteroatoms. The maximum absolute atomic E-state index is 2.29. The second-order valence-electron chi connectivity index (χ2n) is 5.45. The molecular weight excluding hydrogens is 216 g/mol. The van der Waals surface area contributed by atoms with Gasteiger partial charge in [-0.3, -0.25) is 0 Å². The number of fused-ring (bicyclic) bond motifs is 1. The molecule has 1 aliphatic rings. The van der Waals surface area contributed by atoms with Crippen LogP contribution in [0.4, 0.5) is 0 Å². The van der Waals surface area contributed by atoms with Gasteiger partial charge in [0.1, 0.15) is 0 Å².